The largest absolute Gasteiger partial charge is 0.478 e. The van der Waals surface area contributed by atoms with E-state index in [-0.39, 0.29) is 12.2 Å². The molecule has 0 bridgehead atoms. The Labute approximate surface area is 127 Å². The minimum atomic E-state index is -1.01. The first-order chi connectivity index (χ1) is 10.2. The molecule has 0 atom stereocenters. The average Bonchev–Trinajstić information content (AvgIpc) is 2.49. The molecule has 2 aromatic rings. The van der Waals surface area contributed by atoms with Crippen LogP contribution in [0.1, 0.15) is 15.9 Å². The first kappa shape index (κ1) is 15.4. The highest BCUT2D eigenvalue weighted by Gasteiger charge is 2.16. The van der Waals surface area contributed by atoms with E-state index in [1.54, 1.807) is 30.3 Å². The van der Waals surface area contributed by atoms with Gasteiger partial charge < -0.3 is 14.9 Å². The second kappa shape index (κ2) is 7.15. The fraction of sp³-hybridized carbons (Fsp3) is 0.188. The highest BCUT2D eigenvalue weighted by atomic mass is 32.2. The van der Waals surface area contributed by atoms with Gasteiger partial charge >= 0.3 is 5.97 Å². The van der Waals surface area contributed by atoms with E-state index >= 15 is 0 Å². The minimum Gasteiger partial charge on any atom is -0.478 e. The predicted octanol–water partition coefficient (Wildman–Crippen LogP) is 3.43. The molecule has 0 aliphatic carbocycles. The monoisotopic (exact) mass is 304 g/mol. The van der Waals surface area contributed by atoms with Crippen molar-refractivity contribution in [2.75, 3.05) is 12.9 Å². The molecule has 2 N–H and O–H groups in total. The van der Waals surface area contributed by atoms with Gasteiger partial charge in [-0.2, -0.15) is 0 Å². The summed E-state index contributed by atoms with van der Waals surface area (Å²) >= 11 is 1.37. The number of hydrogen-bond donors (Lipinski definition) is 2. The molecule has 0 saturated heterocycles. The summed E-state index contributed by atoms with van der Waals surface area (Å²) in [5, 5.41) is 18.2. The molecule has 0 amide bonds. The van der Waals surface area contributed by atoms with Crippen LogP contribution in [-0.2, 0) is 6.42 Å². The number of carboxylic acids is 1. The van der Waals surface area contributed by atoms with Gasteiger partial charge in [-0.3, -0.25) is 0 Å². The number of benzene rings is 2. The fourth-order valence-corrected chi connectivity index (χ4v) is 2.56. The number of hydrogen-bond acceptors (Lipinski definition) is 4. The van der Waals surface area contributed by atoms with Gasteiger partial charge in [0.25, 0.3) is 0 Å². The molecule has 0 saturated carbocycles. The van der Waals surface area contributed by atoms with E-state index in [0.717, 1.165) is 5.56 Å². The van der Waals surface area contributed by atoms with Gasteiger partial charge in [-0.15, -0.1) is 11.8 Å². The van der Waals surface area contributed by atoms with Crippen LogP contribution in [0.2, 0.25) is 0 Å². The van der Waals surface area contributed by atoms with E-state index in [9.17, 15) is 9.90 Å². The molecule has 0 fully saturated rings. The van der Waals surface area contributed by atoms with Crippen LogP contribution in [0.25, 0.3) is 0 Å². The van der Waals surface area contributed by atoms with Gasteiger partial charge in [0.15, 0.2) is 0 Å². The molecule has 0 radical (unpaired) electrons. The lowest BCUT2D eigenvalue weighted by atomic mass is 10.1. The normalized spacial score (nSPS) is 10.4. The van der Waals surface area contributed by atoms with Gasteiger partial charge in [0.2, 0.25) is 0 Å². The van der Waals surface area contributed by atoms with E-state index in [2.05, 4.69) is 0 Å². The van der Waals surface area contributed by atoms with Crippen molar-refractivity contribution in [2.24, 2.45) is 0 Å². The van der Waals surface area contributed by atoms with Crippen molar-refractivity contribution in [1.82, 2.24) is 0 Å². The van der Waals surface area contributed by atoms with Crippen LogP contribution in [-0.4, -0.2) is 29.0 Å². The van der Waals surface area contributed by atoms with Crippen LogP contribution >= 0.6 is 11.8 Å². The van der Waals surface area contributed by atoms with Crippen LogP contribution in [0.15, 0.2) is 47.4 Å². The molecular weight excluding hydrogens is 288 g/mol. The number of rotatable bonds is 6. The van der Waals surface area contributed by atoms with Crippen LogP contribution < -0.4 is 4.74 Å². The number of carboxylic acid groups (broad SMARTS) is 1. The zero-order chi connectivity index (χ0) is 15.2. The van der Waals surface area contributed by atoms with Crippen molar-refractivity contribution < 1.29 is 19.7 Å². The molecule has 0 heterocycles. The van der Waals surface area contributed by atoms with E-state index in [0.29, 0.717) is 22.8 Å². The Hall–Kier alpha value is -1.98. The molecule has 2 aromatic carbocycles. The summed E-state index contributed by atoms with van der Waals surface area (Å²) in [6, 6.07) is 12.4. The molecule has 0 unspecified atom stereocenters. The van der Waals surface area contributed by atoms with E-state index in [1.165, 1.54) is 11.8 Å². The van der Waals surface area contributed by atoms with Crippen molar-refractivity contribution in [1.29, 1.82) is 0 Å². The predicted molar refractivity (Wildman–Crippen MR) is 82.5 cm³/mol. The quantitative estimate of drug-likeness (QED) is 0.800. The standard InChI is InChI=1S/C16H16O4S/c1-21-14-4-2-3-13(15(14)16(18)19)20-12-7-5-11(6-8-12)9-10-17/h2-8,17H,9-10H2,1H3,(H,18,19). The second-order valence-electron chi connectivity index (χ2n) is 4.36. The van der Waals surface area contributed by atoms with Crippen LogP contribution in [0, 0.1) is 0 Å². The van der Waals surface area contributed by atoms with Gasteiger partial charge in [-0.05, 0) is 42.5 Å². The summed E-state index contributed by atoms with van der Waals surface area (Å²) in [6.07, 6.45) is 2.41. The molecule has 0 spiro atoms. The molecule has 2 rings (SSSR count). The molecule has 21 heavy (non-hydrogen) atoms. The lowest BCUT2D eigenvalue weighted by Crippen LogP contribution is -2.02. The third-order valence-electron chi connectivity index (χ3n) is 2.97. The highest BCUT2D eigenvalue weighted by molar-refractivity contribution is 7.98. The van der Waals surface area contributed by atoms with E-state index < -0.39 is 5.97 Å². The Morgan fingerprint density at radius 1 is 1.19 bits per heavy atom. The molecule has 0 aliphatic heterocycles. The van der Waals surface area contributed by atoms with Gasteiger partial charge in [0.05, 0.1) is 0 Å². The number of thioether (sulfide) groups is 1. The van der Waals surface area contributed by atoms with E-state index in [1.807, 2.05) is 18.4 Å². The summed E-state index contributed by atoms with van der Waals surface area (Å²) in [5.41, 5.74) is 1.17. The third kappa shape index (κ3) is 3.77. The topological polar surface area (TPSA) is 66.8 Å². The number of ether oxygens (including phenoxy) is 1. The molecule has 5 heteroatoms. The van der Waals surface area contributed by atoms with Crippen LogP contribution in [0.5, 0.6) is 11.5 Å². The maximum atomic E-state index is 11.4. The molecule has 4 nitrogen and oxygen atoms in total. The smallest absolute Gasteiger partial charge is 0.340 e. The number of aliphatic hydroxyl groups excluding tert-OH is 1. The Morgan fingerprint density at radius 3 is 2.48 bits per heavy atom. The summed E-state index contributed by atoms with van der Waals surface area (Å²) in [6.45, 7) is 0.0964. The maximum Gasteiger partial charge on any atom is 0.340 e. The average molecular weight is 304 g/mol. The van der Waals surface area contributed by atoms with Crippen molar-refractivity contribution in [3.05, 3.63) is 53.6 Å². The van der Waals surface area contributed by atoms with Crippen molar-refractivity contribution in [2.45, 2.75) is 11.3 Å². The highest BCUT2D eigenvalue weighted by Crippen LogP contribution is 2.32. The summed E-state index contributed by atoms with van der Waals surface area (Å²) < 4.78 is 5.69. The molecule has 0 aliphatic rings. The van der Waals surface area contributed by atoms with Gasteiger partial charge in [0.1, 0.15) is 17.1 Å². The van der Waals surface area contributed by atoms with Crippen molar-refractivity contribution >= 4 is 17.7 Å². The van der Waals surface area contributed by atoms with Crippen LogP contribution in [0.3, 0.4) is 0 Å². The van der Waals surface area contributed by atoms with Gasteiger partial charge in [0, 0.05) is 11.5 Å². The van der Waals surface area contributed by atoms with Crippen LogP contribution in [0.4, 0.5) is 0 Å². The lowest BCUT2D eigenvalue weighted by Gasteiger charge is -2.11. The zero-order valence-electron chi connectivity index (χ0n) is 11.6. The Balaban J connectivity index is 2.28. The van der Waals surface area contributed by atoms with Gasteiger partial charge in [-0.25, -0.2) is 4.79 Å². The first-order valence-corrected chi connectivity index (χ1v) is 7.66. The van der Waals surface area contributed by atoms with Crippen molar-refractivity contribution in [3.8, 4) is 11.5 Å². The van der Waals surface area contributed by atoms with Crippen molar-refractivity contribution in [3.63, 3.8) is 0 Å². The summed E-state index contributed by atoms with van der Waals surface area (Å²) in [5.74, 6) is -0.117. The summed E-state index contributed by atoms with van der Waals surface area (Å²) in [7, 11) is 0. The second-order valence-corrected chi connectivity index (χ2v) is 5.21. The van der Waals surface area contributed by atoms with E-state index in [4.69, 9.17) is 9.84 Å². The molecule has 0 aromatic heterocycles. The third-order valence-corrected chi connectivity index (χ3v) is 3.75. The molecule has 110 valence electrons. The number of aliphatic hydroxyl groups is 1. The number of carbonyl (C=O) groups is 1. The first-order valence-electron chi connectivity index (χ1n) is 6.43. The van der Waals surface area contributed by atoms with Gasteiger partial charge in [-0.1, -0.05) is 18.2 Å². The fourth-order valence-electron chi connectivity index (χ4n) is 1.96. The maximum absolute atomic E-state index is 11.4. The molecular formula is C16H16O4S. The number of aromatic carboxylic acids is 1. The summed E-state index contributed by atoms with van der Waals surface area (Å²) in [4.78, 5) is 12.1. The minimum absolute atomic E-state index is 0.0964. The zero-order valence-corrected chi connectivity index (χ0v) is 12.4. The SMILES string of the molecule is CSc1cccc(Oc2ccc(CCO)cc2)c1C(=O)O. The Morgan fingerprint density at radius 2 is 1.90 bits per heavy atom. The lowest BCUT2D eigenvalue weighted by molar-refractivity contribution is 0.0690. The Bertz CT molecular complexity index is 623. The Kier molecular flexibility index (Phi) is 5.25.